The molecule has 0 bridgehead atoms. The molecule has 0 spiro atoms. The van der Waals surface area contributed by atoms with E-state index in [-0.39, 0.29) is 0 Å². The Kier molecular flexibility index (Phi) is 3.74. The molecule has 2 N–H and O–H groups in total. The van der Waals surface area contributed by atoms with Gasteiger partial charge in [0.15, 0.2) is 0 Å². The zero-order chi connectivity index (χ0) is 13.2. The number of aromatic nitrogens is 1. The molecular formula is C16H25N3. The van der Waals surface area contributed by atoms with Gasteiger partial charge in [0.1, 0.15) is 5.82 Å². The number of hydrogen-bond acceptors (Lipinski definition) is 3. The van der Waals surface area contributed by atoms with E-state index in [1.54, 1.807) is 0 Å². The van der Waals surface area contributed by atoms with Crippen LogP contribution in [0.3, 0.4) is 0 Å². The summed E-state index contributed by atoms with van der Waals surface area (Å²) in [5.74, 6) is 2.08. The summed E-state index contributed by atoms with van der Waals surface area (Å²) in [4.78, 5) is 7.42. The molecule has 1 aliphatic heterocycles. The lowest BCUT2D eigenvalue weighted by Crippen LogP contribution is -2.43. The summed E-state index contributed by atoms with van der Waals surface area (Å²) >= 11 is 0. The maximum Gasteiger partial charge on any atom is 0.129 e. The van der Waals surface area contributed by atoms with E-state index < -0.39 is 0 Å². The van der Waals surface area contributed by atoms with Crippen molar-refractivity contribution < 1.29 is 0 Å². The van der Waals surface area contributed by atoms with Gasteiger partial charge in [-0.05, 0) is 55.7 Å². The summed E-state index contributed by atoms with van der Waals surface area (Å²) in [6, 6.07) is 5.10. The van der Waals surface area contributed by atoms with Crippen LogP contribution in [-0.4, -0.2) is 17.6 Å². The minimum absolute atomic E-state index is 0.616. The van der Waals surface area contributed by atoms with Crippen LogP contribution in [0.1, 0.15) is 50.3 Å². The van der Waals surface area contributed by atoms with Gasteiger partial charge in [-0.3, -0.25) is 0 Å². The second kappa shape index (κ2) is 5.49. The molecule has 0 amide bonds. The standard InChI is InChI=1S/C16H25N3/c1-2-14-9-12(11-17)10-16(18-14)19-8-4-6-13-5-3-7-15(13)19/h9-10,13,15H,2-8,11,17H2,1H3. The van der Waals surface area contributed by atoms with Crippen molar-refractivity contribution in [1.82, 2.24) is 4.98 Å². The van der Waals surface area contributed by atoms with Crippen LogP contribution in [0.4, 0.5) is 5.82 Å². The number of rotatable bonds is 3. The average molecular weight is 259 g/mol. The molecule has 2 heterocycles. The Labute approximate surface area is 116 Å². The maximum atomic E-state index is 5.83. The van der Waals surface area contributed by atoms with Gasteiger partial charge in [-0.1, -0.05) is 13.3 Å². The molecule has 2 unspecified atom stereocenters. The highest BCUT2D eigenvalue weighted by atomic mass is 15.2. The molecule has 0 aromatic carbocycles. The molecule has 104 valence electrons. The van der Waals surface area contributed by atoms with Crippen molar-refractivity contribution in [3.05, 3.63) is 23.4 Å². The fourth-order valence-electron chi connectivity index (χ4n) is 3.82. The first-order valence-electron chi connectivity index (χ1n) is 7.78. The molecule has 3 nitrogen and oxygen atoms in total. The predicted molar refractivity (Wildman–Crippen MR) is 79.2 cm³/mol. The molecule has 1 saturated heterocycles. The van der Waals surface area contributed by atoms with Crippen LogP contribution in [0, 0.1) is 5.92 Å². The fraction of sp³-hybridized carbons (Fsp3) is 0.688. The van der Waals surface area contributed by atoms with Gasteiger partial charge in [0, 0.05) is 24.8 Å². The summed E-state index contributed by atoms with van der Waals surface area (Å²) in [5, 5.41) is 0. The third kappa shape index (κ3) is 2.48. The Hall–Kier alpha value is -1.09. The minimum atomic E-state index is 0.616. The Bertz CT molecular complexity index is 421. The van der Waals surface area contributed by atoms with Crippen molar-refractivity contribution >= 4 is 5.82 Å². The van der Waals surface area contributed by atoms with Gasteiger partial charge in [-0.15, -0.1) is 0 Å². The van der Waals surface area contributed by atoms with E-state index >= 15 is 0 Å². The minimum Gasteiger partial charge on any atom is -0.353 e. The number of anilines is 1. The molecule has 1 aliphatic carbocycles. The molecule has 2 atom stereocenters. The Balaban J connectivity index is 1.91. The van der Waals surface area contributed by atoms with Gasteiger partial charge in [0.05, 0.1) is 0 Å². The largest absolute Gasteiger partial charge is 0.353 e. The van der Waals surface area contributed by atoms with Crippen molar-refractivity contribution in [3.8, 4) is 0 Å². The van der Waals surface area contributed by atoms with Gasteiger partial charge in [-0.2, -0.15) is 0 Å². The molecule has 3 rings (SSSR count). The highest BCUT2D eigenvalue weighted by molar-refractivity contribution is 5.45. The van der Waals surface area contributed by atoms with Gasteiger partial charge >= 0.3 is 0 Å². The molecule has 2 aliphatic rings. The lowest BCUT2D eigenvalue weighted by atomic mass is 9.92. The van der Waals surface area contributed by atoms with Crippen LogP contribution >= 0.6 is 0 Å². The molecule has 3 heteroatoms. The van der Waals surface area contributed by atoms with E-state index in [9.17, 15) is 0 Å². The van der Waals surface area contributed by atoms with E-state index in [1.807, 2.05) is 0 Å². The summed E-state index contributed by atoms with van der Waals surface area (Å²) in [7, 11) is 0. The van der Waals surface area contributed by atoms with E-state index in [0.29, 0.717) is 6.54 Å². The van der Waals surface area contributed by atoms with E-state index in [4.69, 9.17) is 10.7 Å². The predicted octanol–water partition coefficient (Wildman–Crippen LogP) is 2.87. The molecule has 1 aromatic rings. The number of pyridine rings is 1. The first-order valence-corrected chi connectivity index (χ1v) is 7.78. The van der Waals surface area contributed by atoms with Crippen LogP contribution in [0.5, 0.6) is 0 Å². The number of fused-ring (bicyclic) bond motifs is 1. The Morgan fingerprint density at radius 1 is 1.26 bits per heavy atom. The second-order valence-electron chi connectivity index (χ2n) is 5.98. The smallest absolute Gasteiger partial charge is 0.129 e. The van der Waals surface area contributed by atoms with Crippen LogP contribution in [-0.2, 0) is 13.0 Å². The third-order valence-corrected chi connectivity index (χ3v) is 4.81. The molecule has 1 aromatic heterocycles. The first kappa shape index (κ1) is 12.9. The van der Waals surface area contributed by atoms with Gasteiger partial charge in [0.2, 0.25) is 0 Å². The Morgan fingerprint density at radius 3 is 2.89 bits per heavy atom. The van der Waals surface area contributed by atoms with Crippen LogP contribution in [0.2, 0.25) is 0 Å². The third-order valence-electron chi connectivity index (χ3n) is 4.81. The fourth-order valence-corrected chi connectivity index (χ4v) is 3.82. The quantitative estimate of drug-likeness (QED) is 0.907. The van der Waals surface area contributed by atoms with Gasteiger partial charge in [0.25, 0.3) is 0 Å². The second-order valence-corrected chi connectivity index (χ2v) is 5.98. The number of aryl methyl sites for hydroxylation is 1. The number of hydrogen-bond donors (Lipinski definition) is 1. The number of nitrogens with zero attached hydrogens (tertiary/aromatic N) is 2. The first-order chi connectivity index (χ1) is 9.31. The van der Waals surface area contributed by atoms with Crippen LogP contribution in [0.15, 0.2) is 12.1 Å². The monoisotopic (exact) mass is 259 g/mol. The van der Waals surface area contributed by atoms with Crippen molar-refractivity contribution in [2.24, 2.45) is 11.7 Å². The van der Waals surface area contributed by atoms with Crippen molar-refractivity contribution in [2.45, 2.75) is 58.0 Å². The molecule has 2 fully saturated rings. The highest BCUT2D eigenvalue weighted by Crippen LogP contribution is 2.38. The summed E-state index contributed by atoms with van der Waals surface area (Å²) in [6.07, 6.45) is 7.88. The maximum absolute atomic E-state index is 5.83. The van der Waals surface area contributed by atoms with Crippen molar-refractivity contribution in [3.63, 3.8) is 0 Å². The topological polar surface area (TPSA) is 42.1 Å². The van der Waals surface area contributed by atoms with Crippen LogP contribution < -0.4 is 10.6 Å². The van der Waals surface area contributed by atoms with E-state index in [1.165, 1.54) is 55.7 Å². The SMILES string of the molecule is CCc1cc(CN)cc(N2CCCC3CCCC32)n1. The van der Waals surface area contributed by atoms with E-state index in [0.717, 1.165) is 18.4 Å². The molecule has 19 heavy (non-hydrogen) atoms. The zero-order valence-corrected chi connectivity index (χ0v) is 11.9. The average Bonchev–Trinajstić information content (AvgIpc) is 2.94. The molecule has 0 radical (unpaired) electrons. The van der Waals surface area contributed by atoms with Crippen molar-refractivity contribution in [1.29, 1.82) is 0 Å². The lowest BCUT2D eigenvalue weighted by Gasteiger charge is -2.39. The zero-order valence-electron chi connectivity index (χ0n) is 11.9. The normalized spacial score (nSPS) is 26.5. The summed E-state index contributed by atoms with van der Waals surface area (Å²) < 4.78 is 0. The number of nitrogens with two attached hydrogens (primary N) is 1. The van der Waals surface area contributed by atoms with Crippen LogP contribution in [0.25, 0.3) is 0 Å². The summed E-state index contributed by atoms with van der Waals surface area (Å²) in [5.41, 5.74) is 8.24. The van der Waals surface area contributed by atoms with Gasteiger partial charge in [-0.25, -0.2) is 4.98 Å². The van der Waals surface area contributed by atoms with E-state index in [2.05, 4.69) is 24.0 Å². The Morgan fingerprint density at radius 2 is 2.11 bits per heavy atom. The lowest BCUT2D eigenvalue weighted by molar-refractivity contribution is 0.360. The number of piperidine rings is 1. The molecular weight excluding hydrogens is 234 g/mol. The highest BCUT2D eigenvalue weighted by Gasteiger charge is 2.35. The molecule has 1 saturated carbocycles. The summed E-state index contributed by atoms with van der Waals surface area (Å²) in [6.45, 7) is 3.96. The van der Waals surface area contributed by atoms with Gasteiger partial charge < -0.3 is 10.6 Å². The van der Waals surface area contributed by atoms with Crippen molar-refractivity contribution in [2.75, 3.05) is 11.4 Å².